The first-order chi connectivity index (χ1) is 8.74. The molecular weight excluding hydrogens is 292 g/mol. The number of hydrogen-bond donors (Lipinski definition) is 1. The van der Waals surface area contributed by atoms with E-state index in [1.54, 1.807) is 0 Å². The smallest absolute Gasteiger partial charge is 0.119 e. The molecular formula is C14H21BrN2O. The monoisotopic (exact) mass is 312 g/mol. The van der Waals surface area contributed by atoms with E-state index in [2.05, 4.69) is 33.2 Å². The fourth-order valence-electron chi connectivity index (χ4n) is 2.27. The van der Waals surface area contributed by atoms with E-state index in [0.29, 0.717) is 0 Å². The second-order valence-electron chi connectivity index (χ2n) is 4.92. The van der Waals surface area contributed by atoms with Gasteiger partial charge in [0.05, 0.1) is 0 Å². The summed E-state index contributed by atoms with van der Waals surface area (Å²) in [6.45, 7) is 5.21. The summed E-state index contributed by atoms with van der Waals surface area (Å²) in [7, 11) is 2.19. The summed E-state index contributed by atoms with van der Waals surface area (Å²) in [4.78, 5) is 2.39. The molecule has 1 N–H and O–H groups in total. The minimum absolute atomic E-state index is 0.726. The quantitative estimate of drug-likeness (QED) is 0.816. The van der Waals surface area contributed by atoms with Gasteiger partial charge in [0.25, 0.3) is 0 Å². The lowest BCUT2D eigenvalue weighted by Gasteiger charge is -2.12. The second kappa shape index (κ2) is 7.12. The Balaban J connectivity index is 1.55. The van der Waals surface area contributed by atoms with Gasteiger partial charge in [-0.25, -0.2) is 0 Å². The van der Waals surface area contributed by atoms with Gasteiger partial charge >= 0.3 is 0 Å². The lowest BCUT2D eigenvalue weighted by Crippen LogP contribution is -2.28. The highest BCUT2D eigenvalue weighted by atomic mass is 79.9. The van der Waals surface area contributed by atoms with Crippen molar-refractivity contribution in [1.29, 1.82) is 0 Å². The molecule has 1 aromatic rings. The maximum absolute atomic E-state index is 5.65. The highest BCUT2D eigenvalue weighted by molar-refractivity contribution is 9.10. The van der Waals surface area contributed by atoms with Crippen LogP contribution in [0.5, 0.6) is 5.75 Å². The van der Waals surface area contributed by atoms with Crippen molar-refractivity contribution in [2.75, 3.05) is 39.8 Å². The maximum atomic E-state index is 5.65. The maximum Gasteiger partial charge on any atom is 0.119 e. The molecule has 1 unspecified atom stereocenters. The van der Waals surface area contributed by atoms with Crippen LogP contribution in [0.15, 0.2) is 28.7 Å². The van der Waals surface area contributed by atoms with Crippen LogP contribution < -0.4 is 10.1 Å². The zero-order chi connectivity index (χ0) is 12.8. The minimum atomic E-state index is 0.726. The fraction of sp³-hybridized carbons (Fsp3) is 0.571. The van der Waals surface area contributed by atoms with E-state index in [1.807, 2.05) is 24.3 Å². The van der Waals surface area contributed by atoms with Crippen molar-refractivity contribution in [1.82, 2.24) is 10.2 Å². The molecule has 1 aliphatic heterocycles. The minimum Gasteiger partial charge on any atom is -0.492 e. The van der Waals surface area contributed by atoms with Crippen LogP contribution in [0.25, 0.3) is 0 Å². The summed E-state index contributed by atoms with van der Waals surface area (Å²) in [6.07, 6.45) is 1.32. The molecule has 1 heterocycles. The number of ether oxygens (including phenoxy) is 1. The molecule has 1 aromatic carbocycles. The average Bonchev–Trinajstić information content (AvgIpc) is 2.77. The van der Waals surface area contributed by atoms with Gasteiger partial charge in [0.2, 0.25) is 0 Å². The van der Waals surface area contributed by atoms with Gasteiger partial charge in [-0.2, -0.15) is 0 Å². The Bertz CT molecular complexity index is 355. The first kappa shape index (κ1) is 13.8. The molecule has 4 heteroatoms. The largest absolute Gasteiger partial charge is 0.492 e. The van der Waals surface area contributed by atoms with Gasteiger partial charge in [-0.05, 0) is 56.7 Å². The SMILES string of the molecule is CN1CCC(CNCCOc2ccc(Br)cc2)C1. The van der Waals surface area contributed by atoms with E-state index in [-0.39, 0.29) is 0 Å². The molecule has 0 spiro atoms. The summed E-state index contributed by atoms with van der Waals surface area (Å²) in [5.74, 6) is 1.74. The molecule has 0 aliphatic carbocycles. The molecule has 100 valence electrons. The zero-order valence-electron chi connectivity index (χ0n) is 10.9. The van der Waals surface area contributed by atoms with E-state index in [0.717, 1.165) is 35.8 Å². The third-order valence-corrected chi connectivity index (χ3v) is 3.81. The summed E-state index contributed by atoms with van der Waals surface area (Å²) in [5.41, 5.74) is 0. The zero-order valence-corrected chi connectivity index (χ0v) is 12.4. The molecule has 3 nitrogen and oxygen atoms in total. The number of likely N-dealkylation sites (tertiary alicyclic amines) is 1. The van der Waals surface area contributed by atoms with Crippen LogP contribution in [0.4, 0.5) is 0 Å². The number of nitrogens with zero attached hydrogens (tertiary/aromatic N) is 1. The third-order valence-electron chi connectivity index (χ3n) is 3.28. The lowest BCUT2D eigenvalue weighted by molar-refractivity contribution is 0.307. The number of rotatable bonds is 6. The van der Waals surface area contributed by atoms with E-state index in [9.17, 15) is 0 Å². The summed E-state index contributed by atoms with van der Waals surface area (Å²) < 4.78 is 6.73. The van der Waals surface area contributed by atoms with Crippen molar-refractivity contribution in [2.45, 2.75) is 6.42 Å². The number of halogens is 1. The third kappa shape index (κ3) is 4.59. The van der Waals surface area contributed by atoms with Gasteiger partial charge in [-0.3, -0.25) is 0 Å². The summed E-state index contributed by atoms with van der Waals surface area (Å²) in [5, 5.41) is 3.47. The topological polar surface area (TPSA) is 24.5 Å². The van der Waals surface area contributed by atoms with E-state index < -0.39 is 0 Å². The van der Waals surface area contributed by atoms with Crippen LogP contribution in [-0.2, 0) is 0 Å². The van der Waals surface area contributed by atoms with Crippen molar-refractivity contribution in [2.24, 2.45) is 5.92 Å². The number of hydrogen-bond acceptors (Lipinski definition) is 3. The van der Waals surface area contributed by atoms with Crippen molar-refractivity contribution in [3.63, 3.8) is 0 Å². The van der Waals surface area contributed by atoms with Crippen molar-refractivity contribution >= 4 is 15.9 Å². The van der Waals surface area contributed by atoms with Crippen LogP contribution in [-0.4, -0.2) is 44.7 Å². The van der Waals surface area contributed by atoms with Crippen molar-refractivity contribution in [3.05, 3.63) is 28.7 Å². The Hall–Kier alpha value is -0.580. The first-order valence-corrected chi connectivity index (χ1v) is 7.31. The Morgan fingerprint density at radius 1 is 1.39 bits per heavy atom. The van der Waals surface area contributed by atoms with E-state index in [1.165, 1.54) is 19.5 Å². The first-order valence-electron chi connectivity index (χ1n) is 6.51. The van der Waals surface area contributed by atoms with Crippen LogP contribution in [0.3, 0.4) is 0 Å². The lowest BCUT2D eigenvalue weighted by atomic mass is 10.1. The van der Waals surface area contributed by atoms with Gasteiger partial charge in [0, 0.05) is 17.6 Å². The molecule has 0 aromatic heterocycles. The predicted molar refractivity (Wildman–Crippen MR) is 78.1 cm³/mol. The predicted octanol–water partition coefficient (Wildman–Crippen LogP) is 2.37. The van der Waals surface area contributed by atoms with Crippen LogP contribution in [0, 0.1) is 5.92 Å². The van der Waals surface area contributed by atoms with Gasteiger partial charge in [-0.1, -0.05) is 15.9 Å². The molecule has 2 rings (SSSR count). The molecule has 0 radical (unpaired) electrons. The molecule has 1 fully saturated rings. The van der Waals surface area contributed by atoms with E-state index >= 15 is 0 Å². The van der Waals surface area contributed by atoms with Crippen LogP contribution in [0.1, 0.15) is 6.42 Å². The molecule has 1 aliphatic rings. The standard InChI is InChI=1S/C14H21BrN2O/c1-17-8-6-12(11-17)10-16-7-9-18-14-4-2-13(15)3-5-14/h2-5,12,16H,6-11H2,1H3. The Kier molecular flexibility index (Phi) is 5.47. The van der Waals surface area contributed by atoms with Gasteiger partial charge in [0.1, 0.15) is 12.4 Å². The average molecular weight is 313 g/mol. The molecule has 18 heavy (non-hydrogen) atoms. The Morgan fingerprint density at radius 2 is 2.17 bits per heavy atom. The molecule has 0 saturated carbocycles. The van der Waals surface area contributed by atoms with Gasteiger partial charge < -0.3 is 15.0 Å². The second-order valence-corrected chi connectivity index (χ2v) is 5.84. The van der Waals surface area contributed by atoms with Crippen molar-refractivity contribution in [3.8, 4) is 5.75 Å². The Morgan fingerprint density at radius 3 is 2.83 bits per heavy atom. The van der Waals surface area contributed by atoms with Crippen LogP contribution >= 0.6 is 15.9 Å². The molecule has 0 bridgehead atoms. The van der Waals surface area contributed by atoms with Crippen molar-refractivity contribution < 1.29 is 4.74 Å². The van der Waals surface area contributed by atoms with E-state index in [4.69, 9.17) is 4.74 Å². The Labute approximate surface area is 118 Å². The fourth-order valence-corrected chi connectivity index (χ4v) is 2.54. The highest BCUT2D eigenvalue weighted by Crippen LogP contribution is 2.16. The van der Waals surface area contributed by atoms with Gasteiger partial charge in [-0.15, -0.1) is 0 Å². The highest BCUT2D eigenvalue weighted by Gasteiger charge is 2.18. The van der Waals surface area contributed by atoms with Crippen LogP contribution in [0.2, 0.25) is 0 Å². The molecule has 1 saturated heterocycles. The molecule has 1 atom stereocenters. The molecule has 0 amide bonds. The van der Waals surface area contributed by atoms with Gasteiger partial charge in [0.15, 0.2) is 0 Å². The number of nitrogens with one attached hydrogen (secondary N) is 1. The summed E-state index contributed by atoms with van der Waals surface area (Å²) >= 11 is 3.41. The normalized spacial score (nSPS) is 20.2. The number of benzene rings is 1. The summed E-state index contributed by atoms with van der Waals surface area (Å²) in [6, 6.07) is 7.96.